The second-order valence-electron chi connectivity index (χ2n) is 2.74. The number of oxime groups is 2. The number of hydrogen-bond acceptors (Lipinski definition) is 6. The molecule has 6 nitrogen and oxygen atoms in total. The molecule has 0 heterocycles. The maximum Gasteiger partial charge on any atom is 0.0994 e. The lowest BCUT2D eigenvalue weighted by Gasteiger charge is -1.95. The Hall–Kier alpha value is -1.72. The second-order valence-corrected chi connectivity index (χ2v) is 2.74. The number of rotatable bonds is 3. The summed E-state index contributed by atoms with van der Waals surface area (Å²) in [5.41, 5.74) is 1.77. The van der Waals surface area contributed by atoms with Crippen molar-refractivity contribution in [3.63, 3.8) is 0 Å². The summed E-state index contributed by atoms with van der Waals surface area (Å²) >= 11 is 0. The first kappa shape index (κ1) is 12.3. The second kappa shape index (κ2) is 5.85. The van der Waals surface area contributed by atoms with Gasteiger partial charge in [-0.05, 0) is 27.7 Å². The highest BCUT2D eigenvalue weighted by atomic mass is 16.4. The van der Waals surface area contributed by atoms with E-state index in [0.29, 0.717) is 22.8 Å². The Morgan fingerprint density at radius 1 is 0.643 bits per heavy atom. The molecular formula is C8H14N4O2. The lowest BCUT2D eigenvalue weighted by atomic mass is 10.3. The van der Waals surface area contributed by atoms with Gasteiger partial charge in [0.15, 0.2) is 0 Å². The molecule has 0 aromatic heterocycles. The Bertz CT molecular complexity index is 283. The predicted octanol–water partition coefficient (Wildman–Crippen LogP) is 1.52. The minimum absolute atomic E-state index is 0.389. The van der Waals surface area contributed by atoms with Crippen LogP contribution in [0.4, 0.5) is 0 Å². The van der Waals surface area contributed by atoms with Crippen LogP contribution in [-0.4, -0.2) is 33.3 Å². The topological polar surface area (TPSA) is 89.9 Å². The molecule has 0 saturated carbocycles. The molecule has 0 aliphatic heterocycles. The van der Waals surface area contributed by atoms with Gasteiger partial charge in [-0.3, -0.25) is 0 Å². The average molecular weight is 198 g/mol. The molecule has 0 spiro atoms. The summed E-state index contributed by atoms with van der Waals surface area (Å²) in [5, 5.41) is 30.3. The van der Waals surface area contributed by atoms with Crippen LogP contribution in [0.15, 0.2) is 20.5 Å². The third-order valence-corrected chi connectivity index (χ3v) is 1.70. The van der Waals surface area contributed by atoms with Gasteiger partial charge in [0.25, 0.3) is 0 Å². The fraction of sp³-hybridized carbons (Fsp3) is 0.500. The van der Waals surface area contributed by atoms with Crippen molar-refractivity contribution in [1.82, 2.24) is 0 Å². The van der Waals surface area contributed by atoms with E-state index in [1.807, 2.05) is 0 Å². The Kier molecular flexibility index (Phi) is 5.13. The molecule has 0 rings (SSSR count). The summed E-state index contributed by atoms with van der Waals surface area (Å²) in [5.74, 6) is 0. The zero-order valence-electron chi connectivity index (χ0n) is 8.68. The fourth-order valence-corrected chi connectivity index (χ4v) is 0.439. The van der Waals surface area contributed by atoms with Crippen molar-refractivity contribution >= 4 is 22.8 Å². The zero-order chi connectivity index (χ0) is 11.1. The minimum atomic E-state index is 0.389. The maximum atomic E-state index is 8.42. The first-order chi connectivity index (χ1) is 6.52. The van der Waals surface area contributed by atoms with Crippen molar-refractivity contribution in [2.24, 2.45) is 20.5 Å². The molecule has 2 N–H and O–H groups in total. The Labute approximate surface area is 82.3 Å². The van der Waals surface area contributed by atoms with E-state index in [1.54, 1.807) is 27.7 Å². The van der Waals surface area contributed by atoms with Crippen LogP contribution in [0.1, 0.15) is 27.7 Å². The number of hydrogen-bond donors (Lipinski definition) is 2. The number of nitrogens with zero attached hydrogens (tertiary/aromatic N) is 4. The van der Waals surface area contributed by atoms with Crippen molar-refractivity contribution in [3.8, 4) is 0 Å². The molecule has 0 bridgehead atoms. The van der Waals surface area contributed by atoms with Crippen molar-refractivity contribution in [3.05, 3.63) is 0 Å². The highest BCUT2D eigenvalue weighted by molar-refractivity contribution is 6.42. The summed E-state index contributed by atoms with van der Waals surface area (Å²) in [4.78, 5) is 0. The quantitative estimate of drug-likeness (QED) is 0.409. The standard InChI is InChI=1S/C8H14N4O2/c1-5(7(3)11-13)9-10-6(2)8(4)12-14/h13-14H,1-4H3/b9-5-,10-6-,11-7-,12-8-. The molecule has 0 aromatic carbocycles. The van der Waals surface area contributed by atoms with Gasteiger partial charge >= 0.3 is 0 Å². The molecule has 0 fully saturated rings. The highest BCUT2D eigenvalue weighted by Crippen LogP contribution is 1.88. The van der Waals surface area contributed by atoms with Crippen LogP contribution in [0, 0.1) is 0 Å². The Morgan fingerprint density at radius 2 is 0.929 bits per heavy atom. The van der Waals surface area contributed by atoms with Crippen LogP contribution >= 0.6 is 0 Å². The predicted molar refractivity (Wildman–Crippen MR) is 56.0 cm³/mol. The summed E-state index contributed by atoms with van der Waals surface area (Å²) in [6.07, 6.45) is 0. The van der Waals surface area contributed by atoms with E-state index < -0.39 is 0 Å². The molecule has 78 valence electrons. The van der Waals surface area contributed by atoms with Gasteiger partial charge in [-0.15, -0.1) is 0 Å². The van der Waals surface area contributed by atoms with E-state index in [0.717, 1.165) is 0 Å². The Balaban J connectivity index is 4.71. The van der Waals surface area contributed by atoms with E-state index in [1.165, 1.54) is 0 Å². The van der Waals surface area contributed by atoms with E-state index in [4.69, 9.17) is 10.4 Å². The third kappa shape index (κ3) is 3.79. The van der Waals surface area contributed by atoms with Crippen LogP contribution < -0.4 is 0 Å². The van der Waals surface area contributed by atoms with Gasteiger partial charge in [-0.25, -0.2) is 0 Å². The van der Waals surface area contributed by atoms with Crippen molar-refractivity contribution in [1.29, 1.82) is 0 Å². The zero-order valence-corrected chi connectivity index (χ0v) is 8.68. The van der Waals surface area contributed by atoms with Gasteiger partial charge in [0.05, 0.1) is 22.8 Å². The summed E-state index contributed by atoms with van der Waals surface area (Å²) < 4.78 is 0. The first-order valence-electron chi connectivity index (χ1n) is 3.99. The van der Waals surface area contributed by atoms with Gasteiger partial charge < -0.3 is 10.4 Å². The summed E-state index contributed by atoms with van der Waals surface area (Å²) in [6, 6.07) is 0. The van der Waals surface area contributed by atoms with Crippen molar-refractivity contribution < 1.29 is 10.4 Å². The molecular weight excluding hydrogens is 184 g/mol. The van der Waals surface area contributed by atoms with Crippen LogP contribution in [-0.2, 0) is 0 Å². The molecule has 0 aliphatic rings. The van der Waals surface area contributed by atoms with Gasteiger partial charge in [-0.1, -0.05) is 10.3 Å². The smallest absolute Gasteiger partial charge is 0.0994 e. The molecule has 0 radical (unpaired) electrons. The molecule has 0 saturated heterocycles. The Morgan fingerprint density at radius 3 is 1.14 bits per heavy atom. The third-order valence-electron chi connectivity index (χ3n) is 1.70. The maximum absolute atomic E-state index is 8.42. The van der Waals surface area contributed by atoms with Crippen molar-refractivity contribution in [2.75, 3.05) is 0 Å². The first-order valence-corrected chi connectivity index (χ1v) is 3.99. The molecule has 0 amide bonds. The molecule has 0 aromatic rings. The van der Waals surface area contributed by atoms with E-state index in [9.17, 15) is 0 Å². The molecule has 0 atom stereocenters. The largest absolute Gasteiger partial charge is 0.411 e. The van der Waals surface area contributed by atoms with Crippen molar-refractivity contribution in [2.45, 2.75) is 27.7 Å². The highest BCUT2D eigenvalue weighted by Gasteiger charge is 1.98. The lowest BCUT2D eigenvalue weighted by Crippen LogP contribution is -2.07. The minimum Gasteiger partial charge on any atom is -0.411 e. The summed E-state index contributed by atoms with van der Waals surface area (Å²) in [6.45, 7) is 6.54. The van der Waals surface area contributed by atoms with Crippen LogP contribution in [0.5, 0.6) is 0 Å². The van der Waals surface area contributed by atoms with Gasteiger partial charge in [-0.2, -0.15) is 10.2 Å². The van der Waals surface area contributed by atoms with Gasteiger partial charge in [0.1, 0.15) is 0 Å². The monoisotopic (exact) mass is 198 g/mol. The van der Waals surface area contributed by atoms with E-state index in [-0.39, 0.29) is 0 Å². The van der Waals surface area contributed by atoms with Gasteiger partial charge in [0.2, 0.25) is 0 Å². The van der Waals surface area contributed by atoms with E-state index >= 15 is 0 Å². The fourth-order valence-electron chi connectivity index (χ4n) is 0.439. The summed E-state index contributed by atoms with van der Waals surface area (Å²) in [7, 11) is 0. The van der Waals surface area contributed by atoms with Crippen LogP contribution in [0.25, 0.3) is 0 Å². The van der Waals surface area contributed by atoms with Crippen LogP contribution in [0.2, 0.25) is 0 Å². The molecule has 0 aliphatic carbocycles. The molecule has 6 heteroatoms. The molecule has 14 heavy (non-hydrogen) atoms. The lowest BCUT2D eigenvalue weighted by molar-refractivity contribution is 0.319. The van der Waals surface area contributed by atoms with E-state index in [2.05, 4.69) is 20.5 Å². The van der Waals surface area contributed by atoms with Gasteiger partial charge in [0, 0.05) is 0 Å². The SMILES string of the molecule is CC(=N/O)/C(C)=N\N=C(C)/C(C)=N\O. The molecule has 0 unspecified atom stereocenters. The van der Waals surface area contributed by atoms with Crippen LogP contribution in [0.3, 0.4) is 0 Å². The normalized spacial score (nSPS) is 16.0. The average Bonchev–Trinajstić information content (AvgIpc) is 2.22.